The second-order valence-corrected chi connectivity index (χ2v) is 5.04. The molecule has 0 aliphatic carbocycles. The highest BCUT2D eigenvalue weighted by Gasteiger charge is 2.03. The van der Waals surface area contributed by atoms with Crippen LogP contribution >= 0.6 is 0 Å². The lowest BCUT2D eigenvalue weighted by Gasteiger charge is -2.09. The Morgan fingerprint density at radius 2 is 1.74 bits per heavy atom. The highest BCUT2D eigenvalue weighted by atomic mass is 15.1. The van der Waals surface area contributed by atoms with E-state index < -0.39 is 0 Å². The highest BCUT2D eigenvalue weighted by Crippen LogP contribution is 2.15. The van der Waals surface area contributed by atoms with Gasteiger partial charge in [0.1, 0.15) is 0 Å². The van der Waals surface area contributed by atoms with Crippen LogP contribution in [0.1, 0.15) is 35.4 Å². The van der Waals surface area contributed by atoms with E-state index in [2.05, 4.69) is 41.4 Å². The molecule has 3 nitrogen and oxygen atoms in total. The van der Waals surface area contributed by atoms with Crippen LogP contribution in [0.3, 0.4) is 0 Å². The van der Waals surface area contributed by atoms with E-state index in [0.717, 1.165) is 24.2 Å². The fourth-order valence-corrected chi connectivity index (χ4v) is 1.98. The summed E-state index contributed by atoms with van der Waals surface area (Å²) in [6.07, 6.45) is 1.92. The van der Waals surface area contributed by atoms with Gasteiger partial charge in [-0.15, -0.1) is 0 Å². The Morgan fingerprint density at radius 3 is 2.32 bits per heavy atom. The molecule has 0 aliphatic rings. The largest absolute Gasteiger partial charge is 0.330 e. The SMILES string of the molecule is Cc1ccc(CCc2ccc(C(C)CN)cc2)nn1. The van der Waals surface area contributed by atoms with Crippen LogP contribution in [0, 0.1) is 6.92 Å². The van der Waals surface area contributed by atoms with Gasteiger partial charge >= 0.3 is 0 Å². The summed E-state index contributed by atoms with van der Waals surface area (Å²) in [6.45, 7) is 4.79. The maximum atomic E-state index is 5.67. The Hall–Kier alpha value is -1.74. The highest BCUT2D eigenvalue weighted by molar-refractivity contribution is 5.26. The number of nitrogens with zero attached hydrogens (tertiary/aromatic N) is 2. The molecule has 1 aromatic carbocycles. The van der Waals surface area contributed by atoms with Gasteiger partial charge in [0, 0.05) is 0 Å². The number of aryl methyl sites for hydroxylation is 3. The van der Waals surface area contributed by atoms with Gasteiger partial charge in [0.2, 0.25) is 0 Å². The van der Waals surface area contributed by atoms with Crippen LogP contribution in [0.5, 0.6) is 0 Å². The van der Waals surface area contributed by atoms with E-state index in [-0.39, 0.29) is 0 Å². The molecular formula is C16H21N3. The van der Waals surface area contributed by atoms with Crippen LogP contribution in [0.15, 0.2) is 36.4 Å². The molecule has 100 valence electrons. The number of aromatic nitrogens is 2. The van der Waals surface area contributed by atoms with Crippen LogP contribution in [0.4, 0.5) is 0 Å². The number of rotatable bonds is 5. The van der Waals surface area contributed by atoms with Crippen LogP contribution in [0.25, 0.3) is 0 Å². The summed E-state index contributed by atoms with van der Waals surface area (Å²) in [6, 6.07) is 12.8. The minimum Gasteiger partial charge on any atom is -0.330 e. The molecule has 3 heteroatoms. The van der Waals surface area contributed by atoms with E-state index >= 15 is 0 Å². The predicted octanol–water partition coefficient (Wildman–Crippen LogP) is 2.63. The summed E-state index contributed by atoms with van der Waals surface area (Å²) in [5, 5.41) is 8.26. The van der Waals surface area contributed by atoms with E-state index in [0.29, 0.717) is 12.5 Å². The lowest BCUT2D eigenvalue weighted by molar-refractivity contribution is 0.772. The van der Waals surface area contributed by atoms with Gasteiger partial charge in [-0.3, -0.25) is 0 Å². The maximum absolute atomic E-state index is 5.67. The van der Waals surface area contributed by atoms with Crippen molar-refractivity contribution in [3.63, 3.8) is 0 Å². The van der Waals surface area contributed by atoms with E-state index in [9.17, 15) is 0 Å². The zero-order valence-electron chi connectivity index (χ0n) is 11.6. The Morgan fingerprint density at radius 1 is 1.00 bits per heavy atom. The average molecular weight is 255 g/mol. The molecule has 0 bridgehead atoms. The molecule has 1 aromatic heterocycles. The first-order chi connectivity index (χ1) is 9.19. The number of hydrogen-bond acceptors (Lipinski definition) is 3. The number of hydrogen-bond donors (Lipinski definition) is 1. The Bertz CT molecular complexity index is 503. The molecule has 0 saturated heterocycles. The van der Waals surface area contributed by atoms with Crippen molar-refractivity contribution in [3.8, 4) is 0 Å². The Kier molecular flexibility index (Phi) is 4.63. The van der Waals surface area contributed by atoms with Gasteiger partial charge < -0.3 is 5.73 Å². The Labute approximate surface area is 114 Å². The molecule has 0 radical (unpaired) electrons. The molecule has 2 aromatic rings. The standard InChI is InChI=1S/C16H21N3/c1-12(11-17)15-7-4-14(5-8-15)6-10-16-9-3-13(2)18-19-16/h3-5,7-9,12H,6,10-11,17H2,1-2H3. The lowest BCUT2D eigenvalue weighted by atomic mass is 9.98. The number of benzene rings is 1. The molecule has 0 fully saturated rings. The van der Waals surface area contributed by atoms with Gasteiger partial charge in [-0.1, -0.05) is 31.2 Å². The van der Waals surface area contributed by atoms with E-state index in [1.807, 2.05) is 19.1 Å². The summed E-state index contributed by atoms with van der Waals surface area (Å²) in [5.41, 5.74) is 10.3. The van der Waals surface area contributed by atoms with Crippen molar-refractivity contribution >= 4 is 0 Å². The van der Waals surface area contributed by atoms with Gasteiger partial charge in [-0.25, -0.2) is 0 Å². The number of nitrogens with two attached hydrogens (primary N) is 1. The molecule has 0 amide bonds. The lowest BCUT2D eigenvalue weighted by Crippen LogP contribution is -2.08. The third-order valence-corrected chi connectivity index (χ3v) is 3.43. The van der Waals surface area contributed by atoms with Crippen LogP contribution in [0.2, 0.25) is 0 Å². The molecule has 0 spiro atoms. The zero-order valence-corrected chi connectivity index (χ0v) is 11.6. The fourth-order valence-electron chi connectivity index (χ4n) is 1.98. The topological polar surface area (TPSA) is 51.8 Å². The van der Waals surface area contributed by atoms with Gasteiger partial charge in [-0.2, -0.15) is 10.2 Å². The van der Waals surface area contributed by atoms with E-state index in [1.54, 1.807) is 0 Å². The van der Waals surface area contributed by atoms with E-state index in [1.165, 1.54) is 11.1 Å². The minimum absolute atomic E-state index is 0.428. The van der Waals surface area contributed by atoms with Crippen molar-refractivity contribution in [1.82, 2.24) is 10.2 Å². The van der Waals surface area contributed by atoms with Crippen molar-refractivity contribution in [2.24, 2.45) is 5.73 Å². The average Bonchev–Trinajstić information content (AvgIpc) is 2.46. The van der Waals surface area contributed by atoms with Gasteiger partial charge in [0.25, 0.3) is 0 Å². The summed E-state index contributed by atoms with van der Waals surface area (Å²) < 4.78 is 0. The van der Waals surface area contributed by atoms with Crippen molar-refractivity contribution in [3.05, 3.63) is 58.9 Å². The summed E-state index contributed by atoms with van der Waals surface area (Å²) >= 11 is 0. The first kappa shape index (κ1) is 13.7. The van der Waals surface area contributed by atoms with Crippen molar-refractivity contribution in [2.75, 3.05) is 6.54 Å². The summed E-state index contributed by atoms with van der Waals surface area (Å²) in [4.78, 5) is 0. The van der Waals surface area contributed by atoms with Crippen LogP contribution in [-0.2, 0) is 12.8 Å². The molecule has 1 unspecified atom stereocenters. The molecule has 0 aliphatic heterocycles. The molecular weight excluding hydrogens is 234 g/mol. The van der Waals surface area contributed by atoms with Crippen molar-refractivity contribution in [1.29, 1.82) is 0 Å². The molecule has 1 heterocycles. The second kappa shape index (κ2) is 6.43. The van der Waals surface area contributed by atoms with Crippen molar-refractivity contribution in [2.45, 2.75) is 32.6 Å². The second-order valence-electron chi connectivity index (χ2n) is 5.04. The quantitative estimate of drug-likeness (QED) is 0.893. The smallest absolute Gasteiger partial charge is 0.0634 e. The molecule has 0 saturated carbocycles. The van der Waals surface area contributed by atoms with Gasteiger partial charge in [0.05, 0.1) is 11.4 Å². The molecule has 2 rings (SSSR count). The monoisotopic (exact) mass is 255 g/mol. The van der Waals surface area contributed by atoms with Gasteiger partial charge in [-0.05, 0) is 55.5 Å². The maximum Gasteiger partial charge on any atom is 0.0634 e. The van der Waals surface area contributed by atoms with Crippen LogP contribution < -0.4 is 5.73 Å². The van der Waals surface area contributed by atoms with Gasteiger partial charge in [0.15, 0.2) is 0 Å². The molecule has 2 N–H and O–H groups in total. The first-order valence-electron chi connectivity index (χ1n) is 6.77. The minimum atomic E-state index is 0.428. The van der Waals surface area contributed by atoms with E-state index in [4.69, 9.17) is 5.73 Å². The first-order valence-corrected chi connectivity index (χ1v) is 6.77. The zero-order chi connectivity index (χ0) is 13.7. The summed E-state index contributed by atoms with van der Waals surface area (Å²) in [7, 11) is 0. The van der Waals surface area contributed by atoms with Crippen LogP contribution in [-0.4, -0.2) is 16.7 Å². The normalized spacial score (nSPS) is 12.4. The fraction of sp³-hybridized carbons (Fsp3) is 0.375. The molecule has 1 atom stereocenters. The molecule has 19 heavy (non-hydrogen) atoms. The van der Waals surface area contributed by atoms with Crippen molar-refractivity contribution < 1.29 is 0 Å². The third kappa shape index (κ3) is 3.86. The summed E-state index contributed by atoms with van der Waals surface area (Å²) in [5.74, 6) is 0.428. The third-order valence-electron chi connectivity index (χ3n) is 3.43. The predicted molar refractivity (Wildman–Crippen MR) is 78.1 cm³/mol. The Balaban J connectivity index is 1.94.